The first-order valence-corrected chi connectivity index (χ1v) is 4.39. The zero-order valence-electron chi connectivity index (χ0n) is 7.63. The van der Waals surface area contributed by atoms with Crippen molar-refractivity contribution in [1.29, 1.82) is 5.26 Å². The molecule has 0 fully saturated rings. The largest absolute Gasteiger partial charge is 0.364 e. The van der Waals surface area contributed by atoms with Crippen LogP contribution in [0.5, 0.6) is 0 Å². The minimum absolute atomic E-state index is 0.181. The molecule has 1 rings (SSSR count). The fourth-order valence-electron chi connectivity index (χ4n) is 1.11. The first-order chi connectivity index (χ1) is 6.27. The van der Waals surface area contributed by atoms with E-state index in [0.29, 0.717) is 0 Å². The summed E-state index contributed by atoms with van der Waals surface area (Å²) in [5, 5.41) is 8.52. The summed E-state index contributed by atoms with van der Waals surface area (Å²) in [6.45, 7) is 2.10. The Labute approximate surface area is 77.0 Å². The lowest BCUT2D eigenvalue weighted by Crippen LogP contribution is -2.07. The molecular formula is C10H12N2O. The Hall–Kier alpha value is -1.56. The number of aryl methyl sites for hydroxylation is 1. The van der Waals surface area contributed by atoms with E-state index in [1.807, 2.05) is 6.07 Å². The fraction of sp³-hybridized carbons (Fsp3) is 0.400. The molecule has 1 N–H and O–H groups in total. The van der Waals surface area contributed by atoms with Crippen molar-refractivity contribution >= 4 is 0 Å². The smallest absolute Gasteiger partial charge is 0.199 e. The van der Waals surface area contributed by atoms with E-state index in [1.165, 1.54) is 12.3 Å². The van der Waals surface area contributed by atoms with Crippen LogP contribution >= 0.6 is 0 Å². The molecule has 0 spiro atoms. The number of nitrogens with one attached hydrogen (secondary N) is 1. The molecule has 0 saturated heterocycles. The molecule has 68 valence electrons. The van der Waals surface area contributed by atoms with Gasteiger partial charge in [-0.1, -0.05) is 13.3 Å². The number of rotatable bonds is 3. The highest BCUT2D eigenvalue weighted by molar-refractivity contribution is 5.26. The van der Waals surface area contributed by atoms with Crippen molar-refractivity contribution in [1.82, 2.24) is 4.98 Å². The SMILES string of the molecule is CCCCc1cc(=O)c(C#N)c[nH]1. The predicted molar refractivity (Wildman–Crippen MR) is 50.4 cm³/mol. The Morgan fingerprint density at radius 2 is 2.38 bits per heavy atom. The van der Waals surface area contributed by atoms with Gasteiger partial charge in [-0.3, -0.25) is 4.79 Å². The summed E-state index contributed by atoms with van der Waals surface area (Å²) < 4.78 is 0. The Kier molecular flexibility index (Phi) is 3.27. The Morgan fingerprint density at radius 1 is 1.62 bits per heavy atom. The third-order valence-corrected chi connectivity index (χ3v) is 1.89. The van der Waals surface area contributed by atoms with Crippen LogP contribution in [0.3, 0.4) is 0 Å². The van der Waals surface area contributed by atoms with Crippen LogP contribution < -0.4 is 5.43 Å². The van der Waals surface area contributed by atoms with Crippen molar-refractivity contribution in [2.24, 2.45) is 0 Å². The lowest BCUT2D eigenvalue weighted by molar-refractivity contribution is 0.775. The van der Waals surface area contributed by atoms with Crippen LogP contribution in [-0.2, 0) is 6.42 Å². The molecule has 0 aliphatic heterocycles. The van der Waals surface area contributed by atoms with E-state index in [0.717, 1.165) is 25.0 Å². The van der Waals surface area contributed by atoms with Crippen LogP contribution in [0.15, 0.2) is 17.1 Å². The first-order valence-electron chi connectivity index (χ1n) is 4.39. The van der Waals surface area contributed by atoms with Gasteiger partial charge in [0.25, 0.3) is 0 Å². The van der Waals surface area contributed by atoms with Gasteiger partial charge in [0.2, 0.25) is 0 Å². The molecule has 3 nitrogen and oxygen atoms in total. The number of hydrogen-bond donors (Lipinski definition) is 1. The third-order valence-electron chi connectivity index (χ3n) is 1.89. The van der Waals surface area contributed by atoms with Crippen molar-refractivity contribution in [3.63, 3.8) is 0 Å². The van der Waals surface area contributed by atoms with Crippen molar-refractivity contribution < 1.29 is 0 Å². The number of aromatic nitrogens is 1. The number of pyridine rings is 1. The van der Waals surface area contributed by atoms with E-state index in [4.69, 9.17) is 5.26 Å². The van der Waals surface area contributed by atoms with Gasteiger partial charge < -0.3 is 4.98 Å². The minimum Gasteiger partial charge on any atom is -0.364 e. The van der Waals surface area contributed by atoms with Crippen LogP contribution in [0.25, 0.3) is 0 Å². The molecule has 0 atom stereocenters. The number of nitrogens with zero attached hydrogens (tertiary/aromatic N) is 1. The molecule has 3 heteroatoms. The van der Waals surface area contributed by atoms with Gasteiger partial charge in [-0.05, 0) is 12.8 Å². The molecule has 0 saturated carbocycles. The van der Waals surface area contributed by atoms with Gasteiger partial charge in [0.1, 0.15) is 11.6 Å². The summed E-state index contributed by atoms with van der Waals surface area (Å²) in [6, 6.07) is 3.34. The maximum Gasteiger partial charge on any atom is 0.199 e. The van der Waals surface area contributed by atoms with E-state index >= 15 is 0 Å². The summed E-state index contributed by atoms with van der Waals surface area (Å²) >= 11 is 0. The molecule has 0 aliphatic carbocycles. The standard InChI is InChI=1S/C10H12N2O/c1-2-3-4-9-5-10(13)8(6-11)7-12-9/h5,7H,2-4H2,1H3,(H,12,13). The molecular weight excluding hydrogens is 164 g/mol. The minimum atomic E-state index is -0.188. The highest BCUT2D eigenvalue weighted by Gasteiger charge is 1.98. The van der Waals surface area contributed by atoms with E-state index in [-0.39, 0.29) is 11.0 Å². The van der Waals surface area contributed by atoms with Crippen molar-refractivity contribution in [2.75, 3.05) is 0 Å². The lowest BCUT2D eigenvalue weighted by atomic mass is 10.1. The third kappa shape index (κ3) is 2.45. The zero-order valence-corrected chi connectivity index (χ0v) is 7.63. The molecule has 1 aromatic heterocycles. The van der Waals surface area contributed by atoms with Crippen LogP contribution in [0.1, 0.15) is 31.0 Å². The summed E-state index contributed by atoms with van der Waals surface area (Å²) in [4.78, 5) is 14.1. The molecule has 0 unspecified atom stereocenters. The van der Waals surface area contributed by atoms with Gasteiger partial charge in [-0.2, -0.15) is 5.26 Å². The predicted octanol–water partition coefficient (Wildman–Crippen LogP) is 1.59. The molecule has 1 heterocycles. The van der Waals surface area contributed by atoms with Gasteiger partial charge in [-0.15, -0.1) is 0 Å². The fourth-order valence-corrected chi connectivity index (χ4v) is 1.11. The monoisotopic (exact) mass is 176 g/mol. The van der Waals surface area contributed by atoms with E-state index < -0.39 is 0 Å². The van der Waals surface area contributed by atoms with Crippen LogP contribution in [0, 0.1) is 11.3 Å². The van der Waals surface area contributed by atoms with Gasteiger partial charge in [-0.25, -0.2) is 0 Å². The van der Waals surface area contributed by atoms with Crippen LogP contribution in [-0.4, -0.2) is 4.98 Å². The average Bonchev–Trinajstić information content (AvgIpc) is 2.15. The summed E-state index contributed by atoms with van der Waals surface area (Å²) in [7, 11) is 0. The molecule has 0 aromatic carbocycles. The van der Waals surface area contributed by atoms with Gasteiger partial charge in [0.15, 0.2) is 5.43 Å². The number of aromatic amines is 1. The molecule has 0 bridgehead atoms. The Morgan fingerprint density at radius 3 is 2.92 bits per heavy atom. The van der Waals surface area contributed by atoms with Crippen molar-refractivity contribution in [3.05, 3.63) is 33.7 Å². The van der Waals surface area contributed by atoms with Gasteiger partial charge in [0, 0.05) is 18.0 Å². The Bertz CT molecular complexity index is 373. The average molecular weight is 176 g/mol. The highest BCUT2D eigenvalue weighted by Crippen LogP contribution is 1.99. The number of unbranched alkanes of at least 4 members (excludes halogenated alkanes) is 1. The molecule has 0 amide bonds. The molecule has 1 aromatic rings. The van der Waals surface area contributed by atoms with Crippen molar-refractivity contribution in [3.8, 4) is 6.07 Å². The second-order valence-electron chi connectivity index (χ2n) is 2.95. The van der Waals surface area contributed by atoms with Crippen LogP contribution in [0.2, 0.25) is 0 Å². The zero-order chi connectivity index (χ0) is 9.68. The number of nitriles is 1. The molecule has 0 aliphatic rings. The quantitative estimate of drug-likeness (QED) is 0.760. The van der Waals surface area contributed by atoms with Gasteiger partial charge >= 0.3 is 0 Å². The summed E-state index contributed by atoms with van der Waals surface area (Å²) in [6.07, 6.45) is 4.51. The van der Waals surface area contributed by atoms with Crippen LogP contribution in [0.4, 0.5) is 0 Å². The maximum atomic E-state index is 11.2. The van der Waals surface area contributed by atoms with E-state index in [1.54, 1.807) is 0 Å². The molecule has 13 heavy (non-hydrogen) atoms. The molecule has 0 radical (unpaired) electrons. The normalized spacial score (nSPS) is 9.54. The topological polar surface area (TPSA) is 56.6 Å². The maximum absolute atomic E-state index is 11.2. The Balaban J connectivity index is 2.85. The number of H-pyrrole nitrogens is 1. The second kappa shape index (κ2) is 4.46. The second-order valence-corrected chi connectivity index (χ2v) is 2.95. The highest BCUT2D eigenvalue weighted by atomic mass is 16.1. The van der Waals surface area contributed by atoms with E-state index in [9.17, 15) is 4.79 Å². The lowest BCUT2D eigenvalue weighted by Gasteiger charge is -1.98. The summed E-state index contributed by atoms with van der Waals surface area (Å²) in [5.41, 5.74) is 0.901. The van der Waals surface area contributed by atoms with Crippen molar-refractivity contribution in [2.45, 2.75) is 26.2 Å². The first kappa shape index (κ1) is 9.53. The number of hydrogen-bond acceptors (Lipinski definition) is 2. The van der Waals surface area contributed by atoms with Gasteiger partial charge in [0.05, 0.1) is 0 Å². The summed E-state index contributed by atoms with van der Waals surface area (Å²) in [5.74, 6) is 0. The van der Waals surface area contributed by atoms with E-state index in [2.05, 4.69) is 11.9 Å².